The van der Waals surface area contributed by atoms with E-state index in [1.54, 1.807) is 35.4 Å². The molecule has 2 bridgehead atoms. The minimum absolute atomic E-state index is 0.0220. The Balaban J connectivity index is 1.53. The summed E-state index contributed by atoms with van der Waals surface area (Å²) >= 11 is 9.45. The van der Waals surface area contributed by atoms with E-state index >= 15 is 4.39 Å². The van der Waals surface area contributed by atoms with Crippen LogP contribution in [0.5, 0.6) is 0 Å². The molecule has 2 atom stereocenters. The Bertz CT molecular complexity index is 1580. The number of fused-ring (bicyclic) bond motifs is 4. The molecule has 3 heterocycles. The predicted octanol–water partition coefficient (Wildman–Crippen LogP) is 7.21. The monoisotopic (exact) mass is 640 g/mol. The van der Waals surface area contributed by atoms with E-state index in [-0.39, 0.29) is 34.9 Å². The highest BCUT2D eigenvalue weighted by molar-refractivity contribution is 9.10. The van der Waals surface area contributed by atoms with Crippen molar-refractivity contribution in [3.8, 4) is 11.1 Å². The normalized spacial score (nSPS) is 19.0. The number of halogens is 3. The number of nitrogens with zero attached hydrogens (tertiary/aromatic N) is 2. The van der Waals surface area contributed by atoms with Crippen molar-refractivity contribution in [1.82, 2.24) is 9.88 Å². The molecule has 0 radical (unpaired) electrons. The lowest BCUT2D eigenvalue weighted by atomic mass is 9.94. The summed E-state index contributed by atoms with van der Waals surface area (Å²) in [6.07, 6.45) is 4.28. The van der Waals surface area contributed by atoms with Crippen LogP contribution in [0.4, 0.5) is 20.6 Å². The zero-order chi connectivity index (χ0) is 29.3. The van der Waals surface area contributed by atoms with Crippen LogP contribution in [0.15, 0.2) is 59.2 Å². The van der Waals surface area contributed by atoms with Crippen molar-refractivity contribution in [2.24, 2.45) is 5.92 Å². The van der Waals surface area contributed by atoms with Crippen LogP contribution < -0.4 is 10.6 Å². The molecule has 0 saturated carbocycles. The van der Waals surface area contributed by atoms with Crippen molar-refractivity contribution < 1.29 is 23.5 Å². The van der Waals surface area contributed by atoms with Crippen molar-refractivity contribution >= 4 is 62.4 Å². The number of anilines is 2. The van der Waals surface area contributed by atoms with Gasteiger partial charge in [-0.15, -0.1) is 0 Å². The van der Waals surface area contributed by atoms with Crippen molar-refractivity contribution in [3.63, 3.8) is 0 Å². The van der Waals surface area contributed by atoms with Gasteiger partial charge in [0.05, 0.1) is 29.6 Å². The van der Waals surface area contributed by atoms with E-state index in [0.717, 1.165) is 11.1 Å². The smallest absolute Gasteiger partial charge is 0.411 e. The molecule has 212 valence electrons. The van der Waals surface area contributed by atoms with Crippen LogP contribution in [-0.2, 0) is 14.3 Å². The molecule has 2 aliphatic rings. The maximum Gasteiger partial charge on any atom is 0.411 e. The van der Waals surface area contributed by atoms with Crippen LogP contribution in [0, 0.1) is 11.7 Å². The number of amides is 3. The van der Waals surface area contributed by atoms with E-state index in [1.165, 1.54) is 19.3 Å². The molecule has 8 nitrogen and oxygen atoms in total. The van der Waals surface area contributed by atoms with Gasteiger partial charge >= 0.3 is 6.09 Å². The van der Waals surface area contributed by atoms with Crippen molar-refractivity contribution in [2.45, 2.75) is 32.2 Å². The highest BCUT2D eigenvalue weighted by Gasteiger charge is 2.33. The van der Waals surface area contributed by atoms with Crippen LogP contribution in [0.25, 0.3) is 16.7 Å². The number of hydrogen-bond donors (Lipinski definition) is 2. The molecule has 0 spiro atoms. The highest BCUT2D eigenvalue weighted by Crippen LogP contribution is 2.39. The molecule has 5 rings (SSSR count). The number of benzene rings is 2. The zero-order valence-corrected chi connectivity index (χ0v) is 24.7. The summed E-state index contributed by atoms with van der Waals surface area (Å²) in [4.78, 5) is 44.6. The fourth-order valence-electron chi connectivity index (χ4n) is 5.19. The van der Waals surface area contributed by atoms with Crippen molar-refractivity contribution in [2.75, 3.05) is 24.3 Å². The molecule has 2 aromatic carbocycles. The second-order valence-corrected chi connectivity index (χ2v) is 11.3. The largest absolute Gasteiger partial charge is 0.453 e. The Morgan fingerprint density at radius 2 is 2.00 bits per heavy atom. The van der Waals surface area contributed by atoms with Crippen LogP contribution in [-0.4, -0.2) is 41.4 Å². The first-order valence-electron chi connectivity index (χ1n) is 13.1. The van der Waals surface area contributed by atoms with Gasteiger partial charge < -0.3 is 15.0 Å². The van der Waals surface area contributed by atoms with Gasteiger partial charge in [0.15, 0.2) is 0 Å². The topological polar surface area (TPSA) is 101 Å². The average molecular weight is 642 g/mol. The molecule has 0 unspecified atom stereocenters. The second-order valence-electron chi connectivity index (χ2n) is 10.0. The van der Waals surface area contributed by atoms with Gasteiger partial charge in [0.1, 0.15) is 5.82 Å². The highest BCUT2D eigenvalue weighted by atomic mass is 79.9. The lowest BCUT2D eigenvalue weighted by Crippen LogP contribution is -2.32. The number of aromatic nitrogens is 1. The lowest BCUT2D eigenvalue weighted by molar-refractivity contribution is -0.127. The Kier molecular flexibility index (Phi) is 8.42. The van der Waals surface area contributed by atoms with E-state index in [1.807, 2.05) is 19.1 Å². The van der Waals surface area contributed by atoms with E-state index < -0.39 is 18.0 Å². The van der Waals surface area contributed by atoms with Crippen molar-refractivity contribution in [3.05, 3.63) is 81.3 Å². The van der Waals surface area contributed by atoms with Gasteiger partial charge in [-0.05, 0) is 60.4 Å². The van der Waals surface area contributed by atoms with Gasteiger partial charge in [-0.25, -0.2) is 9.18 Å². The lowest BCUT2D eigenvalue weighted by Gasteiger charge is -2.29. The molecule has 2 aliphatic heterocycles. The summed E-state index contributed by atoms with van der Waals surface area (Å²) in [5.41, 5.74) is 3.94. The number of rotatable bonds is 3. The molecule has 41 heavy (non-hydrogen) atoms. The average Bonchev–Trinajstić information content (AvgIpc) is 3.33. The summed E-state index contributed by atoms with van der Waals surface area (Å²) in [7, 11) is 1.27. The van der Waals surface area contributed by atoms with Crippen molar-refractivity contribution in [1.29, 1.82) is 0 Å². The quantitative estimate of drug-likeness (QED) is 0.295. The Morgan fingerprint density at radius 3 is 2.78 bits per heavy atom. The molecular formula is C30H27BrClFN4O4. The Hall–Kier alpha value is -3.76. The molecule has 1 aromatic heterocycles. The van der Waals surface area contributed by atoms with E-state index in [2.05, 4.69) is 31.5 Å². The van der Waals surface area contributed by atoms with Crippen LogP contribution in [0.2, 0.25) is 5.02 Å². The van der Waals surface area contributed by atoms with Crippen LogP contribution in [0.1, 0.15) is 43.5 Å². The molecule has 0 fully saturated rings. The van der Waals surface area contributed by atoms with Gasteiger partial charge in [0, 0.05) is 46.0 Å². The number of carbonyl (C=O) groups is 3. The maximum absolute atomic E-state index is 15.0. The maximum atomic E-state index is 15.0. The molecule has 11 heteroatoms. The summed E-state index contributed by atoms with van der Waals surface area (Å²) in [5.74, 6) is -1.31. The van der Waals surface area contributed by atoms with Gasteiger partial charge in [-0.3, -0.25) is 19.9 Å². The van der Waals surface area contributed by atoms with E-state index in [4.69, 9.17) is 16.3 Å². The third-order valence-electron chi connectivity index (χ3n) is 7.37. The number of nitrogens with one attached hydrogen (secondary N) is 2. The minimum atomic E-state index is -0.625. The van der Waals surface area contributed by atoms with E-state index in [9.17, 15) is 14.4 Å². The molecule has 3 amide bonds. The predicted molar refractivity (Wildman–Crippen MR) is 159 cm³/mol. The molecule has 2 N–H and O–H groups in total. The Labute approximate surface area is 250 Å². The first-order chi connectivity index (χ1) is 19.7. The second kappa shape index (κ2) is 12.0. The van der Waals surface area contributed by atoms with Gasteiger partial charge in [0.2, 0.25) is 11.8 Å². The van der Waals surface area contributed by atoms with Crippen LogP contribution in [0.3, 0.4) is 0 Å². The summed E-state index contributed by atoms with van der Waals surface area (Å²) in [5, 5.41) is 5.61. The standard InChI is InChI=1S/C30H27BrClFN4O4/c1-16-4-3-5-25(37-15-18(13-26(37)38)27-21(31)8-9-22(32)28(27)33)24-12-17(10-11-34-24)20-7-6-19(35-30(40)41-2)14-23(20)36-29(16)39/h6-14,16,25H,3-5,15H2,1-2H3,(H,35,40)(H,36,39)/t16-,25+/m1/s1. The number of pyridine rings is 1. The van der Waals surface area contributed by atoms with Gasteiger partial charge in [-0.2, -0.15) is 0 Å². The van der Waals surface area contributed by atoms with Gasteiger partial charge in [-0.1, -0.05) is 46.9 Å². The summed E-state index contributed by atoms with van der Waals surface area (Å²) in [6, 6.07) is 11.6. The first-order valence-corrected chi connectivity index (χ1v) is 14.2. The number of hydrogen-bond acceptors (Lipinski definition) is 5. The van der Waals surface area contributed by atoms with Gasteiger partial charge in [0.25, 0.3) is 0 Å². The zero-order valence-electron chi connectivity index (χ0n) is 22.3. The molecule has 0 saturated heterocycles. The minimum Gasteiger partial charge on any atom is -0.453 e. The third-order valence-corrected chi connectivity index (χ3v) is 8.32. The number of carbonyl (C=O) groups excluding carboxylic acids is 3. The SMILES string of the molecule is COC(=O)Nc1ccc2c(c1)NC(=O)[C@H](C)CCC[C@H](N1CC(c3c(Br)ccc(Cl)c3F)=CC1=O)c1cc-2ccn1. The molecule has 0 aliphatic carbocycles. The summed E-state index contributed by atoms with van der Waals surface area (Å²) in [6.45, 7) is 2.03. The summed E-state index contributed by atoms with van der Waals surface area (Å²) < 4.78 is 20.2. The number of methoxy groups -OCH3 is 1. The molecular weight excluding hydrogens is 615 g/mol. The third kappa shape index (κ3) is 5.99. The van der Waals surface area contributed by atoms with E-state index in [0.29, 0.717) is 46.4 Å². The first kappa shape index (κ1) is 28.8. The Morgan fingerprint density at radius 1 is 1.20 bits per heavy atom. The molecule has 3 aromatic rings. The fourth-order valence-corrected chi connectivity index (χ4v) is 5.91. The fraction of sp³-hybridized carbons (Fsp3) is 0.267. The van der Waals surface area contributed by atoms with Crippen LogP contribution >= 0.6 is 27.5 Å². The number of ether oxygens (including phenoxy) is 1.